The molecule has 1 heterocycles. The molecule has 2 unspecified atom stereocenters. The smallest absolute Gasteiger partial charge is 0.309 e. The van der Waals surface area contributed by atoms with E-state index < -0.39 is 28.9 Å². The van der Waals surface area contributed by atoms with Gasteiger partial charge in [0.15, 0.2) is 5.78 Å². The third-order valence-electron chi connectivity index (χ3n) is 16.9. The van der Waals surface area contributed by atoms with Crippen LogP contribution in [0.2, 0.25) is 0 Å². The number of carboxylic acids is 1. The van der Waals surface area contributed by atoms with Gasteiger partial charge in [0.25, 0.3) is 0 Å². The molecule has 0 radical (unpaired) electrons. The number of pyridine rings is 1. The van der Waals surface area contributed by atoms with Crippen LogP contribution in [0.4, 0.5) is 0 Å². The van der Waals surface area contributed by atoms with E-state index in [1.165, 1.54) is 5.57 Å². The number of carbonyl (C=O) groups is 4. The second kappa shape index (κ2) is 15.2. The first-order valence-electron chi connectivity index (χ1n) is 21.7. The van der Waals surface area contributed by atoms with Crippen LogP contribution in [0.25, 0.3) is 0 Å². The number of ether oxygens (including phenoxy) is 1. The third-order valence-corrected chi connectivity index (χ3v) is 16.9. The minimum Gasteiger partial charge on any atom is -0.481 e. The predicted octanol–water partition coefficient (Wildman–Crippen LogP) is 7.73. The van der Waals surface area contributed by atoms with E-state index in [0.29, 0.717) is 24.8 Å². The molecule has 0 aromatic carbocycles. The fourth-order valence-corrected chi connectivity index (χ4v) is 13.6. The lowest BCUT2D eigenvalue weighted by molar-refractivity contribution is -0.235. The van der Waals surface area contributed by atoms with Gasteiger partial charge in [-0.05, 0) is 123 Å². The normalized spacial score (nSPS) is 35.2. The number of aliphatic carboxylic acids is 1. The first kappa shape index (κ1) is 43.5. The van der Waals surface area contributed by atoms with E-state index in [1.54, 1.807) is 39.0 Å². The Bertz CT molecular complexity index is 1770. The number of carboxylic acid groups (broad SMARTS) is 1. The zero-order valence-corrected chi connectivity index (χ0v) is 36.7. The average molecular weight is 790 g/mol. The summed E-state index contributed by atoms with van der Waals surface area (Å²) in [5, 5.41) is 22.3. The van der Waals surface area contributed by atoms with Gasteiger partial charge in [-0.25, -0.2) is 0 Å². The van der Waals surface area contributed by atoms with Crippen LogP contribution in [-0.2, 0) is 30.5 Å². The maximum Gasteiger partial charge on any atom is 0.309 e. The second-order valence-electron chi connectivity index (χ2n) is 21.4. The largest absolute Gasteiger partial charge is 0.481 e. The Labute approximate surface area is 341 Å². The van der Waals surface area contributed by atoms with E-state index in [9.17, 15) is 29.4 Å². The summed E-state index contributed by atoms with van der Waals surface area (Å²) < 4.78 is 6.18. The zero-order chi connectivity index (χ0) is 42.1. The van der Waals surface area contributed by atoms with E-state index in [-0.39, 0.29) is 70.8 Å². The summed E-state index contributed by atoms with van der Waals surface area (Å²) in [7, 11) is 3.50. The lowest BCUT2D eigenvalue weighted by Crippen LogP contribution is -2.66. The van der Waals surface area contributed by atoms with Gasteiger partial charge in [0.2, 0.25) is 5.91 Å². The highest BCUT2D eigenvalue weighted by molar-refractivity contribution is 6.00. The SMILES string of the molecule is CC(C)C1=C2[C@H]3CC[C@@H]4[C@@]5(C)CC[C@H](OC(=O)CC(C)(C)C(=O)O)C(C)(C)[C@@H]5CC[C@@]4(C)[C@]3(C)CCC2(C(O)CN(CC(=O)N(C)C)Cc2ccccn2)CC1=O. The Balaban J connectivity index is 1.30. The van der Waals surface area contributed by atoms with Crippen LogP contribution in [-0.4, -0.2) is 88.0 Å². The monoisotopic (exact) mass is 790 g/mol. The topological polar surface area (TPSA) is 137 Å². The molecule has 5 aliphatic rings. The summed E-state index contributed by atoms with van der Waals surface area (Å²) in [6, 6.07) is 5.76. The summed E-state index contributed by atoms with van der Waals surface area (Å²) in [6.07, 6.45) is 8.23. The predicted molar refractivity (Wildman–Crippen MR) is 220 cm³/mol. The van der Waals surface area contributed by atoms with Crippen LogP contribution >= 0.6 is 0 Å². The Morgan fingerprint density at radius 2 is 1.65 bits per heavy atom. The van der Waals surface area contributed by atoms with Crippen molar-refractivity contribution in [2.75, 3.05) is 27.2 Å². The van der Waals surface area contributed by atoms with Crippen molar-refractivity contribution in [3.05, 3.63) is 41.2 Å². The number of hydrogen-bond donors (Lipinski definition) is 2. The molecule has 316 valence electrons. The molecule has 2 N–H and O–H groups in total. The Kier molecular flexibility index (Phi) is 11.6. The van der Waals surface area contributed by atoms with E-state index in [2.05, 4.69) is 53.5 Å². The Morgan fingerprint density at radius 3 is 2.26 bits per heavy atom. The summed E-state index contributed by atoms with van der Waals surface area (Å²) in [5.41, 5.74) is 0.777. The van der Waals surface area contributed by atoms with Gasteiger partial charge in [-0.3, -0.25) is 29.1 Å². The van der Waals surface area contributed by atoms with Crippen LogP contribution in [0.3, 0.4) is 0 Å². The highest BCUT2D eigenvalue weighted by atomic mass is 16.5. The van der Waals surface area contributed by atoms with Crippen molar-refractivity contribution in [1.82, 2.24) is 14.8 Å². The number of rotatable bonds is 12. The van der Waals surface area contributed by atoms with Gasteiger partial charge in [-0.15, -0.1) is 0 Å². The Morgan fingerprint density at radius 1 is 0.947 bits per heavy atom. The minimum atomic E-state index is -1.18. The molecular formula is C47H71N3O7. The summed E-state index contributed by atoms with van der Waals surface area (Å²) in [5.74, 6) is -0.318. The quantitative estimate of drug-likeness (QED) is 0.204. The van der Waals surface area contributed by atoms with Crippen molar-refractivity contribution in [2.24, 2.45) is 56.2 Å². The van der Waals surface area contributed by atoms with E-state index in [4.69, 9.17) is 4.74 Å². The number of likely N-dealkylation sites (N-methyl/N-ethyl adjacent to an activating group) is 1. The number of fused-ring (bicyclic) bond motifs is 7. The fourth-order valence-electron chi connectivity index (χ4n) is 13.6. The maximum atomic E-state index is 14.3. The molecule has 0 saturated heterocycles. The van der Waals surface area contributed by atoms with Crippen molar-refractivity contribution < 1.29 is 34.1 Å². The van der Waals surface area contributed by atoms with Crippen molar-refractivity contribution in [3.63, 3.8) is 0 Å². The summed E-state index contributed by atoms with van der Waals surface area (Å²) >= 11 is 0. The van der Waals surface area contributed by atoms with Crippen LogP contribution in [0.15, 0.2) is 35.5 Å². The number of allylic oxidation sites excluding steroid dienone is 1. The zero-order valence-electron chi connectivity index (χ0n) is 36.7. The lowest BCUT2D eigenvalue weighted by Gasteiger charge is -2.72. The number of Topliss-reactive ketones (excluding diaryl/α,β-unsaturated/α-hetero) is 1. The summed E-state index contributed by atoms with van der Waals surface area (Å²) in [4.78, 5) is 60.5. The standard InChI is InChI=1S/C47H71N3O7/c1-29(2)39-32(51)24-47(35(52)27-50(28-37(53)49(10)11)26-30-14-12-13-23-48-30)22-21-45(8)31(40(39)47)15-16-34-44(7)19-18-36(57-38(54)25-42(3,4)41(55)56)43(5,6)33(44)17-20-46(34,45)9/h12-14,23,29,31,33-36,52H,15-22,24-28H2,1-11H3,(H,55,56)/t31-,33+,34-,35?,36+,44+,45-,46-,47?/m1/s1. The summed E-state index contributed by atoms with van der Waals surface area (Å²) in [6.45, 7) is 20.3. The van der Waals surface area contributed by atoms with Gasteiger partial charge < -0.3 is 19.8 Å². The molecule has 0 bridgehead atoms. The van der Waals surface area contributed by atoms with E-state index in [0.717, 1.165) is 62.6 Å². The van der Waals surface area contributed by atoms with Crippen LogP contribution < -0.4 is 0 Å². The van der Waals surface area contributed by atoms with Gasteiger partial charge in [0.05, 0.1) is 30.2 Å². The second-order valence-corrected chi connectivity index (χ2v) is 21.4. The maximum absolute atomic E-state index is 14.3. The first-order valence-corrected chi connectivity index (χ1v) is 21.7. The van der Waals surface area contributed by atoms with Crippen LogP contribution in [0.5, 0.6) is 0 Å². The lowest BCUT2D eigenvalue weighted by atomic mass is 9.33. The van der Waals surface area contributed by atoms with Crippen molar-refractivity contribution in [1.29, 1.82) is 0 Å². The highest BCUT2D eigenvalue weighted by Crippen LogP contribution is 2.77. The number of hydrogen-bond acceptors (Lipinski definition) is 8. The molecular weight excluding hydrogens is 719 g/mol. The minimum absolute atomic E-state index is 0.00669. The first-order chi connectivity index (χ1) is 26.4. The highest BCUT2D eigenvalue weighted by Gasteiger charge is 2.71. The van der Waals surface area contributed by atoms with Gasteiger partial charge in [-0.1, -0.05) is 60.1 Å². The molecule has 10 heteroatoms. The number of aromatic nitrogens is 1. The molecule has 9 atom stereocenters. The average Bonchev–Trinajstić information content (AvgIpc) is 3.43. The van der Waals surface area contributed by atoms with Gasteiger partial charge in [0.1, 0.15) is 6.10 Å². The third kappa shape index (κ3) is 7.20. The molecule has 57 heavy (non-hydrogen) atoms. The number of aliphatic hydroxyl groups is 1. The molecule has 0 spiro atoms. The van der Waals surface area contributed by atoms with Crippen LogP contribution in [0.1, 0.15) is 132 Å². The fraction of sp³-hybridized carbons (Fsp3) is 0.766. The number of aliphatic hydroxyl groups excluding tert-OH is 1. The number of ketones is 1. The number of amides is 1. The van der Waals surface area contributed by atoms with Gasteiger partial charge in [-0.2, -0.15) is 0 Å². The molecule has 0 aliphatic heterocycles. The van der Waals surface area contributed by atoms with E-state index in [1.807, 2.05) is 23.1 Å². The van der Waals surface area contributed by atoms with Gasteiger partial charge >= 0.3 is 11.9 Å². The molecule has 6 rings (SSSR count). The van der Waals surface area contributed by atoms with Crippen molar-refractivity contribution >= 4 is 23.6 Å². The molecule has 1 aromatic rings. The van der Waals surface area contributed by atoms with Crippen molar-refractivity contribution in [3.8, 4) is 0 Å². The van der Waals surface area contributed by atoms with E-state index >= 15 is 0 Å². The molecule has 5 aliphatic carbocycles. The van der Waals surface area contributed by atoms with Gasteiger partial charge in [0, 0.05) is 50.6 Å². The Hall–Kier alpha value is -3.11. The number of carbonyl (C=O) groups excluding carboxylic acids is 3. The molecule has 4 fully saturated rings. The molecule has 1 aromatic heterocycles. The molecule has 10 nitrogen and oxygen atoms in total. The van der Waals surface area contributed by atoms with Crippen LogP contribution in [0, 0.1) is 56.2 Å². The molecule has 1 amide bonds. The number of esters is 1. The van der Waals surface area contributed by atoms with Crippen molar-refractivity contribution in [2.45, 2.75) is 145 Å². The number of nitrogens with zero attached hydrogens (tertiary/aromatic N) is 3. The molecule has 4 saturated carbocycles.